The van der Waals surface area contributed by atoms with E-state index in [1.807, 2.05) is 0 Å². The fraction of sp³-hybridized carbons (Fsp3) is 1.00. The topological polar surface area (TPSA) is 24.5 Å². The van der Waals surface area contributed by atoms with Crippen molar-refractivity contribution in [1.82, 2.24) is 10.2 Å². The minimum absolute atomic E-state index is 0.886. The van der Waals surface area contributed by atoms with E-state index in [2.05, 4.69) is 10.2 Å². The molecule has 1 aliphatic carbocycles. The van der Waals surface area contributed by atoms with Crippen molar-refractivity contribution < 1.29 is 4.74 Å². The summed E-state index contributed by atoms with van der Waals surface area (Å²) >= 11 is 0. The average Bonchev–Trinajstić information content (AvgIpc) is 3.01. The van der Waals surface area contributed by atoms with Crippen LogP contribution in [-0.4, -0.2) is 50.8 Å². The normalized spacial score (nSPS) is 25.5. The van der Waals surface area contributed by atoms with Gasteiger partial charge in [0.05, 0.1) is 6.61 Å². The maximum Gasteiger partial charge on any atom is 0.0589 e. The summed E-state index contributed by atoms with van der Waals surface area (Å²) < 4.78 is 5.18. The molecule has 3 nitrogen and oxygen atoms in total. The Morgan fingerprint density at radius 2 is 2.12 bits per heavy atom. The summed E-state index contributed by atoms with van der Waals surface area (Å²) in [5.74, 6) is 0.948. The van der Waals surface area contributed by atoms with Crippen LogP contribution < -0.4 is 5.32 Å². The number of hydrogen-bond acceptors (Lipinski definition) is 3. The molecule has 2 fully saturated rings. The summed E-state index contributed by atoms with van der Waals surface area (Å²) in [6.07, 6.45) is 6.99. The lowest BCUT2D eigenvalue weighted by molar-refractivity contribution is 0.141. The van der Waals surface area contributed by atoms with Crippen LogP contribution in [0, 0.1) is 5.92 Å². The molecule has 1 saturated carbocycles. The fourth-order valence-corrected chi connectivity index (χ4v) is 2.67. The summed E-state index contributed by atoms with van der Waals surface area (Å²) in [6.45, 7) is 5.79. The van der Waals surface area contributed by atoms with Crippen molar-refractivity contribution in [2.45, 2.75) is 38.1 Å². The molecule has 0 aromatic carbocycles. The van der Waals surface area contributed by atoms with Crippen molar-refractivity contribution in [3.05, 3.63) is 0 Å². The van der Waals surface area contributed by atoms with E-state index in [0.717, 1.165) is 25.1 Å². The predicted molar refractivity (Wildman–Crippen MR) is 66.7 cm³/mol. The monoisotopic (exact) mass is 226 g/mol. The number of hydrogen-bond donors (Lipinski definition) is 1. The standard InChI is InChI=1S/C13H26N2O/c1-16-10-9-15(13-4-5-13)8-2-3-12-6-7-14-11-12/h12-14H,2-11H2,1H3. The zero-order valence-electron chi connectivity index (χ0n) is 10.6. The van der Waals surface area contributed by atoms with E-state index >= 15 is 0 Å². The van der Waals surface area contributed by atoms with Crippen LogP contribution >= 0.6 is 0 Å². The highest BCUT2D eigenvalue weighted by molar-refractivity contribution is 4.84. The lowest BCUT2D eigenvalue weighted by Crippen LogP contribution is -2.31. The second-order valence-electron chi connectivity index (χ2n) is 5.26. The van der Waals surface area contributed by atoms with Crippen molar-refractivity contribution in [3.8, 4) is 0 Å². The molecular weight excluding hydrogens is 200 g/mol. The molecule has 1 N–H and O–H groups in total. The molecule has 0 aromatic heterocycles. The molecule has 1 heterocycles. The molecule has 0 bridgehead atoms. The number of nitrogens with one attached hydrogen (secondary N) is 1. The van der Waals surface area contributed by atoms with Crippen LogP contribution in [-0.2, 0) is 4.74 Å². The highest BCUT2D eigenvalue weighted by Gasteiger charge is 2.28. The van der Waals surface area contributed by atoms with Gasteiger partial charge in [0.1, 0.15) is 0 Å². The third kappa shape index (κ3) is 4.04. The molecule has 0 amide bonds. The van der Waals surface area contributed by atoms with Crippen molar-refractivity contribution in [1.29, 1.82) is 0 Å². The lowest BCUT2D eigenvalue weighted by Gasteiger charge is -2.22. The largest absolute Gasteiger partial charge is 0.383 e. The van der Waals surface area contributed by atoms with Crippen molar-refractivity contribution >= 4 is 0 Å². The summed E-state index contributed by atoms with van der Waals surface area (Å²) in [5.41, 5.74) is 0. The van der Waals surface area contributed by atoms with Gasteiger partial charge in [0, 0.05) is 19.7 Å². The number of nitrogens with zero attached hydrogens (tertiary/aromatic N) is 1. The third-order valence-corrected chi connectivity index (χ3v) is 3.87. The number of methoxy groups -OCH3 is 1. The van der Waals surface area contributed by atoms with Gasteiger partial charge in [0.2, 0.25) is 0 Å². The Hall–Kier alpha value is -0.120. The van der Waals surface area contributed by atoms with Crippen molar-refractivity contribution in [3.63, 3.8) is 0 Å². The van der Waals surface area contributed by atoms with Crippen LogP contribution in [0.5, 0.6) is 0 Å². The third-order valence-electron chi connectivity index (χ3n) is 3.87. The second-order valence-corrected chi connectivity index (χ2v) is 5.26. The van der Waals surface area contributed by atoms with Crippen molar-refractivity contribution in [2.24, 2.45) is 5.92 Å². The molecule has 1 atom stereocenters. The van der Waals surface area contributed by atoms with Gasteiger partial charge in [0.25, 0.3) is 0 Å². The summed E-state index contributed by atoms with van der Waals surface area (Å²) in [5, 5.41) is 3.45. The number of ether oxygens (including phenoxy) is 1. The minimum Gasteiger partial charge on any atom is -0.383 e. The summed E-state index contributed by atoms with van der Waals surface area (Å²) in [6, 6.07) is 0.886. The zero-order valence-corrected chi connectivity index (χ0v) is 10.6. The Morgan fingerprint density at radius 1 is 1.25 bits per heavy atom. The van der Waals surface area contributed by atoms with Gasteiger partial charge in [-0.1, -0.05) is 0 Å². The van der Waals surface area contributed by atoms with Gasteiger partial charge in [-0.25, -0.2) is 0 Å². The minimum atomic E-state index is 0.886. The Bertz CT molecular complexity index is 188. The first-order chi connectivity index (χ1) is 7.90. The summed E-state index contributed by atoms with van der Waals surface area (Å²) in [4.78, 5) is 2.63. The van der Waals surface area contributed by atoms with E-state index in [4.69, 9.17) is 4.74 Å². The van der Waals surface area contributed by atoms with Gasteiger partial charge in [-0.2, -0.15) is 0 Å². The molecule has 3 heteroatoms. The van der Waals surface area contributed by atoms with Crippen LogP contribution in [0.25, 0.3) is 0 Å². The fourth-order valence-electron chi connectivity index (χ4n) is 2.67. The molecule has 16 heavy (non-hydrogen) atoms. The zero-order chi connectivity index (χ0) is 11.2. The van der Waals surface area contributed by atoms with Gasteiger partial charge in [-0.3, -0.25) is 4.90 Å². The van der Waals surface area contributed by atoms with Gasteiger partial charge in [-0.05, 0) is 57.7 Å². The van der Waals surface area contributed by atoms with Crippen molar-refractivity contribution in [2.75, 3.05) is 39.9 Å². The molecule has 94 valence electrons. The first-order valence-electron chi connectivity index (χ1n) is 6.84. The van der Waals surface area contributed by atoms with E-state index in [1.165, 1.54) is 51.7 Å². The smallest absolute Gasteiger partial charge is 0.0589 e. The van der Waals surface area contributed by atoms with Gasteiger partial charge < -0.3 is 10.1 Å². The molecule has 0 spiro atoms. The van der Waals surface area contributed by atoms with Crippen LogP contribution in [0.1, 0.15) is 32.1 Å². The Morgan fingerprint density at radius 3 is 2.75 bits per heavy atom. The molecule has 1 unspecified atom stereocenters. The highest BCUT2D eigenvalue weighted by Crippen LogP contribution is 2.27. The van der Waals surface area contributed by atoms with Crippen LogP contribution in [0.2, 0.25) is 0 Å². The van der Waals surface area contributed by atoms with Gasteiger partial charge in [-0.15, -0.1) is 0 Å². The molecule has 1 aliphatic heterocycles. The lowest BCUT2D eigenvalue weighted by atomic mass is 10.0. The molecule has 2 rings (SSSR count). The number of rotatable bonds is 8. The summed E-state index contributed by atoms with van der Waals surface area (Å²) in [7, 11) is 1.80. The average molecular weight is 226 g/mol. The Kier molecular flexibility index (Phi) is 5.07. The van der Waals surface area contributed by atoms with E-state index in [-0.39, 0.29) is 0 Å². The Balaban J connectivity index is 1.57. The van der Waals surface area contributed by atoms with E-state index in [1.54, 1.807) is 7.11 Å². The van der Waals surface area contributed by atoms with E-state index in [0.29, 0.717) is 0 Å². The van der Waals surface area contributed by atoms with Crippen LogP contribution in [0.3, 0.4) is 0 Å². The van der Waals surface area contributed by atoms with E-state index in [9.17, 15) is 0 Å². The van der Waals surface area contributed by atoms with Crippen LogP contribution in [0.15, 0.2) is 0 Å². The molecule has 2 aliphatic rings. The van der Waals surface area contributed by atoms with Crippen LogP contribution in [0.4, 0.5) is 0 Å². The first-order valence-corrected chi connectivity index (χ1v) is 6.84. The predicted octanol–water partition coefficient (Wildman–Crippen LogP) is 1.49. The maximum absolute atomic E-state index is 5.18. The molecule has 0 aromatic rings. The molecule has 1 saturated heterocycles. The van der Waals surface area contributed by atoms with E-state index < -0.39 is 0 Å². The second kappa shape index (κ2) is 6.58. The molecular formula is C13H26N2O. The first kappa shape index (κ1) is 12.3. The molecule has 0 radical (unpaired) electrons. The highest BCUT2D eigenvalue weighted by atomic mass is 16.5. The van der Waals surface area contributed by atoms with Gasteiger partial charge in [0.15, 0.2) is 0 Å². The maximum atomic E-state index is 5.18. The Labute approximate surface area is 99.5 Å². The quantitative estimate of drug-likeness (QED) is 0.678. The van der Waals surface area contributed by atoms with Gasteiger partial charge >= 0.3 is 0 Å². The SMILES string of the molecule is COCCN(CCCC1CCNC1)C1CC1.